The number of hydrogen-bond acceptors (Lipinski definition) is 4. The van der Waals surface area contributed by atoms with Gasteiger partial charge in [-0.05, 0) is 36.8 Å². The molecule has 0 radical (unpaired) electrons. The number of anilines is 1. The summed E-state index contributed by atoms with van der Waals surface area (Å²) in [5.74, 6) is -0.0410. The summed E-state index contributed by atoms with van der Waals surface area (Å²) in [5, 5.41) is 7.72. The van der Waals surface area contributed by atoms with Crippen LogP contribution >= 0.6 is 11.6 Å². The largest absolute Gasteiger partial charge is 0.306 e. The lowest BCUT2D eigenvalue weighted by atomic mass is 9.92. The van der Waals surface area contributed by atoms with Gasteiger partial charge in [0, 0.05) is 17.7 Å². The molecule has 0 spiro atoms. The van der Waals surface area contributed by atoms with Crippen LogP contribution in [0.1, 0.15) is 42.4 Å². The predicted octanol–water partition coefficient (Wildman–Crippen LogP) is 4.79. The van der Waals surface area contributed by atoms with Crippen LogP contribution in [-0.2, 0) is 15.3 Å². The van der Waals surface area contributed by atoms with Crippen molar-refractivity contribution in [2.75, 3.05) is 11.6 Å². The summed E-state index contributed by atoms with van der Waals surface area (Å²) in [5.41, 5.74) is 2.47. The Bertz CT molecular complexity index is 1220. The van der Waals surface area contributed by atoms with E-state index in [0.29, 0.717) is 5.82 Å². The number of sulfone groups is 1. The topological polar surface area (TPSA) is 81.1 Å². The van der Waals surface area contributed by atoms with E-state index in [1.807, 2.05) is 58.0 Å². The molecule has 0 aliphatic rings. The first-order valence-electron chi connectivity index (χ1n) is 9.35. The third-order valence-electron chi connectivity index (χ3n) is 4.67. The van der Waals surface area contributed by atoms with Crippen LogP contribution in [0.15, 0.2) is 53.4 Å². The number of halogens is 1. The smallest absolute Gasteiger partial charge is 0.258 e. The molecule has 158 valence electrons. The molecule has 0 saturated heterocycles. The lowest BCUT2D eigenvalue weighted by Crippen LogP contribution is -2.16. The highest BCUT2D eigenvalue weighted by Crippen LogP contribution is 2.28. The van der Waals surface area contributed by atoms with Crippen LogP contribution in [0, 0.1) is 6.92 Å². The molecule has 1 heterocycles. The third kappa shape index (κ3) is 4.57. The zero-order valence-electron chi connectivity index (χ0n) is 17.5. The fourth-order valence-corrected chi connectivity index (χ4v) is 3.76. The fourth-order valence-electron chi connectivity index (χ4n) is 2.91. The zero-order chi connectivity index (χ0) is 22.3. The maximum Gasteiger partial charge on any atom is 0.258 e. The Morgan fingerprint density at radius 1 is 1.10 bits per heavy atom. The number of rotatable bonds is 4. The van der Waals surface area contributed by atoms with Crippen LogP contribution in [0.3, 0.4) is 0 Å². The second-order valence-electron chi connectivity index (χ2n) is 8.23. The van der Waals surface area contributed by atoms with Gasteiger partial charge in [-0.2, -0.15) is 5.10 Å². The summed E-state index contributed by atoms with van der Waals surface area (Å²) in [6, 6.07) is 13.6. The maximum atomic E-state index is 13.0. The number of amides is 1. The van der Waals surface area contributed by atoms with Crippen LogP contribution in [0.5, 0.6) is 0 Å². The minimum absolute atomic E-state index is 0.0276. The molecule has 0 fully saturated rings. The van der Waals surface area contributed by atoms with Gasteiger partial charge in [0.05, 0.1) is 26.9 Å². The molecule has 0 aliphatic carbocycles. The van der Waals surface area contributed by atoms with Gasteiger partial charge < -0.3 is 5.32 Å². The van der Waals surface area contributed by atoms with E-state index in [-0.39, 0.29) is 20.9 Å². The van der Waals surface area contributed by atoms with Crippen molar-refractivity contribution in [1.29, 1.82) is 0 Å². The summed E-state index contributed by atoms with van der Waals surface area (Å²) >= 11 is 6.19. The van der Waals surface area contributed by atoms with Gasteiger partial charge >= 0.3 is 0 Å². The highest BCUT2D eigenvalue weighted by Gasteiger charge is 2.23. The Balaban J connectivity index is 2.08. The molecule has 30 heavy (non-hydrogen) atoms. The molecule has 6 nitrogen and oxygen atoms in total. The van der Waals surface area contributed by atoms with Crippen molar-refractivity contribution in [3.05, 3.63) is 70.4 Å². The Morgan fingerprint density at radius 2 is 1.77 bits per heavy atom. The lowest BCUT2D eigenvalue weighted by molar-refractivity contribution is 0.102. The van der Waals surface area contributed by atoms with Gasteiger partial charge in [0.15, 0.2) is 9.84 Å². The first-order valence-corrected chi connectivity index (χ1v) is 11.6. The Labute approximate surface area is 181 Å². The molecule has 0 aliphatic heterocycles. The average molecular weight is 446 g/mol. The van der Waals surface area contributed by atoms with Crippen LogP contribution < -0.4 is 5.32 Å². The van der Waals surface area contributed by atoms with E-state index in [0.717, 1.165) is 23.2 Å². The first-order chi connectivity index (χ1) is 13.9. The average Bonchev–Trinajstić information content (AvgIpc) is 3.05. The van der Waals surface area contributed by atoms with Gasteiger partial charge in [0.1, 0.15) is 5.82 Å². The van der Waals surface area contributed by atoms with Crippen molar-refractivity contribution in [2.24, 2.45) is 0 Å². The van der Waals surface area contributed by atoms with Crippen molar-refractivity contribution < 1.29 is 13.2 Å². The second kappa shape index (κ2) is 7.89. The number of carbonyl (C=O) groups is 1. The van der Waals surface area contributed by atoms with Gasteiger partial charge in [-0.15, -0.1) is 0 Å². The quantitative estimate of drug-likeness (QED) is 0.626. The monoisotopic (exact) mass is 445 g/mol. The third-order valence-corrected chi connectivity index (χ3v) is 6.11. The number of nitrogens with one attached hydrogen (secondary N) is 1. The summed E-state index contributed by atoms with van der Waals surface area (Å²) in [6.07, 6.45) is 1.08. The first kappa shape index (κ1) is 22.1. The standard InChI is InChI=1S/C22H24ClN3O3S/c1-14-8-6-7-9-18(14)26-20(13-19(25-26)22(2,3)4)24-21(27)16-12-15(30(5,28)29)10-11-17(16)23/h6-13H,1-5H3,(H,24,27). The highest BCUT2D eigenvalue weighted by molar-refractivity contribution is 7.90. The molecule has 3 rings (SSSR count). The van der Waals surface area contributed by atoms with Gasteiger partial charge in [-0.1, -0.05) is 50.6 Å². The van der Waals surface area contributed by atoms with Crippen LogP contribution in [0.2, 0.25) is 5.02 Å². The second-order valence-corrected chi connectivity index (χ2v) is 10.7. The summed E-state index contributed by atoms with van der Waals surface area (Å²) in [7, 11) is -3.48. The molecule has 0 unspecified atom stereocenters. The summed E-state index contributed by atoms with van der Waals surface area (Å²) in [6.45, 7) is 8.08. The number of nitrogens with zero attached hydrogens (tertiary/aromatic N) is 2. The number of carbonyl (C=O) groups excluding carboxylic acids is 1. The lowest BCUT2D eigenvalue weighted by Gasteiger charge is -2.14. The van der Waals surface area contributed by atoms with Crippen molar-refractivity contribution >= 4 is 33.2 Å². The number of benzene rings is 2. The minimum Gasteiger partial charge on any atom is -0.306 e. The molecule has 0 bridgehead atoms. The molecule has 1 N–H and O–H groups in total. The van der Waals surface area contributed by atoms with E-state index < -0.39 is 15.7 Å². The Morgan fingerprint density at radius 3 is 2.37 bits per heavy atom. The van der Waals surface area contributed by atoms with Gasteiger partial charge in [-0.3, -0.25) is 4.79 Å². The highest BCUT2D eigenvalue weighted by atomic mass is 35.5. The van der Waals surface area contributed by atoms with Gasteiger partial charge in [0.2, 0.25) is 0 Å². The minimum atomic E-state index is -3.48. The van der Waals surface area contributed by atoms with Crippen LogP contribution in [0.25, 0.3) is 5.69 Å². The van der Waals surface area contributed by atoms with E-state index in [2.05, 4.69) is 5.32 Å². The Kier molecular flexibility index (Phi) is 5.80. The van der Waals surface area contributed by atoms with Gasteiger partial charge in [-0.25, -0.2) is 13.1 Å². The van der Waals surface area contributed by atoms with Crippen molar-refractivity contribution in [2.45, 2.75) is 38.0 Å². The van der Waals surface area contributed by atoms with Crippen LogP contribution in [-0.4, -0.2) is 30.4 Å². The molecule has 0 atom stereocenters. The zero-order valence-corrected chi connectivity index (χ0v) is 19.1. The molecule has 2 aromatic carbocycles. The SMILES string of the molecule is Cc1ccccc1-n1nc(C(C)(C)C)cc1NC(=O)c1cc(S(C)(=O)=O)ccc1Cl. The van der Waals surface area contributed by atoms with Gasteiger partial charge in [0.25, 0.3) is 5.91 Å². The molecule has 3 aromatic rings. The molecule has 8 heteroatoms. The van der Waals surface area contributed by atoms with Crippen LogP contribution in [0.4, 0.5) is 5.82 Å². The van der Waals surface area contributed by atoms with Crippen molar-refractivity contribution in [1.82, 2.24) is 9.78 Å². The van der Waals surface area contributed by atoms with Crippen molar-refractivity contribution in [3.8, 4) is 5.69 Å². The van der Waals surface area contributed by atoms with E-state index in [4.69, 9.17) is 16.7 Å². The number of para-hydroxylation sites is 1. The Hall–Kier alpha value is -2.64. The maximum absolute atomic E-state index is 13.0. The molecule has 0 saturated carbocycles. The molecular weight excluding hydrogens is 422 g/mol. The summed E-state index contributed by atoms with van der Waals surface area (Å²) in [4.78, 5) is 13.0. The molecule has 1 aromatic heterocycles. The number of hydrogen-bond donors (Lipinski definition) is 1. The number of aryl methyl sites for hydroxylation is 1. The van der Waals surface area contributed by atoms with E-state index in [1.54, 1.807) is 4.68 Å². The predicted molar refractivity (Wildman–Crippen MR) is 120 cm³/mol. The molecular formula is C22H24ClN3O3S. The van der Waals surface area contributed by atoms with Crippen molar-refractivity contribution in [3.63, 3.8) is 0 Å². The summed E-state index contributed by atoms with van der Waals surface area (Å²) < 4.78 is 25.4. The van der Waals surface area contributed by atoms with E-state index in [9.17, 15) is 13.2 Å². The fraction of sp³-hybridized carbons (Fsp3) is 0.273. The van der Waals surface area contributed by atoms with E-state index in [1.165, 1.54) is 18.2 Å². The normalized spacial score (nSPS) is 12.1. The molecule has 1 amide bonds. The number of aromatic nitrogens is 2. The van der Waals surface area contributed by atoms with E-state index >= 15 is 0 Å².